The Bertz CT molecular complexity index is 205. The number of alkyl halides is 3. The fourth-order valence-corrected chi connectivity index (χ4v) is 1.92. The summed E-state index contributed by atoms with van der Waals surface area (Å²) in [4.78, 5) is 1.74. The highest BCUT2D eigenvalue weighted by Gasteiger charge is 2.49. The second kappa shape index (κ2) is 4.70. The topological polar surface area (TPSA) is 12.5 Å². The van der Waals surface area contributed by atoms with Gasteiger partial charge in [-0.3, -0.25) is 0 Å². The minimum Gasteiger partial charge on any atom is -0.377 e. The Hall–Kier alpha value is -0.290. The highest BCUT2D eigenvalue weighted by atomic mass is 19.4. The third-order valence-corrected chi connectivity index (χ3v) is 2.84. The minimum absolute atomic E-state index is 0.0205. The van der Waals surface area contributed by atoms with Crippen molar-refractivity contribution in [3.8, 4) is 0 Å². The standard InChI is InChI=1S/C10H18F3NO/c1-7(2)15-6-9-8(10(11,12)13)4-5-14(9)3/h7-9H,4-6H2,1-3H3/t8-,9+/m0/s1. The average molecular weight is 225 g/mol. The Morgan fingerprint density at radius 3 is 2.47 bits per heavy atom. The van der Waals surface area contributed by atoms with Gasteiger partial charge in [-0.25, -0.2) is 0 Å². The number of ether oxygens (including phenoxy) is 1. The lowest BCUT2D eigenvalue weighted by Gasteiger charge is -2.27. The number of hydrogen-bond acceptors (Lipinski definition) is 2. The van der Waals surface area contributed by atoms with E-state index < -0.39 is 18.1 Å². The smallest absolute Gasteiger partial charge is 0.377 e. The summed E-state index contributed by atoms with van der Waals surface area (Å²) in [5, 5.41) is 0. The summed E-state index contributed by atoms with van der Waals surface area (Å²) in [5.41, 5.74) is 0. The van der Waals surface area contributed by atoms with Crippen LogP contribution in [0, 0.1) is 5.92 Å². The van der Waals surface area contributed by atoms with Gasteiger partial charge in [-0.15, -0.1) is 0 Å². The van der Waals surface area contributed by atoms with Crippen molar-refractivity contribution in [3.63, 3.8) is 0 Å². The van der Waals surface area contributed by atoms with Crippen molar-refractivity contribution in [1.29, 1.82) is 0 Å². The Morgan fingerprint density at radius 2 is 2.00 bits per heavy atom. The Kier molecular flexibility index (Phi) is 4.00. The van der Waals surface area contributed by atoms with E-state index in [9.17, 15) is 13.2 Å². The van der Waals surface area contributed by atoms with Crippen molar-refractivity contribution in [2.75, 3.05) is 20.2 Å². The van der Waals surface area contributed by atoms with Crippen LogP contribution in [0.4, 0.5) is 13.2 Å². The van der Waals surface area contributed by atoms with Gasteiger partial charge in [0, 0.05) is 6.04 Å². The van der Waals surface area contributed by atoms with E-state index in [2.05, 4.69) is 0 Å². The Balaban J connectivity index is 2.57. The van der Waals surface area contributed by atoms with Gasteiger partial charge in [0.15, 0.2) is 0 Å². The van der Waals surface area contributed by atoms with Gasteiger partial charge in [0.1, 0.15) is 0 Å². The minimum atomic E-state index is -4.10. The Morgan fingerprint density at radius 1 is 1.40 bits per heavy atom. The first kappa shape index (κ1) is 12.8. The number of rotatable bonds is 3. The predicted molar refractivity (Wildman–Crippen MR) is 51.7 cm³/mol. The van der Waals surface area contributed by atoms with Crippen molar-refractivity contribution < 1.29 is 17.9 Å². The quantitative estimate of drug-likeness (QED) is 0.730. The predicted octanol–water partition coefficient (Wildman–Crippen LogP) is 2.29. The molecule has 15 heavy (non-hydrogen) atoms. The molecule has 0 aromatic carbocycles. The van der Waals surface area contributed by atoms with E-state index in [1.165, 1.54) is 0 Å². The maximum absolute atomic E-state index is 12.6. The average Bonchev–Trinajstić information content (AvgIpc) is 2.42. The zero-order chi connectivity index (χ0) is 11.6. The second-order valence-electron chi connectivity index (χ2n) is 4.37. The van der Waals surface area contributed by atoms with Crippen LogP contribution in [0.5, 0.6) is 0 Å². The number of halogens is 3. The molecule has 1 heterocycles. The van der Waals surface area contributed by atoms with Crippen molar-refractivity contribution >= 4 is 0 Å². The first-order valence-electron chi connectivity index (χ1n) is 5.21. The van der Waals surface area contributed by atoms with Crippen molar-refractivity contribution in [2.24, 2.45) is 5.92 Å². The van der Waals surface area contributed by atoms with E-state index in [0.717, 1.165) is 0 Å². The lowest BCUT2D eigenvalue weighted by Crippen LogP contribution is -2.40. The van der Waals surface area contributed by atoms with Crippen LogP contribution in [0.25, 0.3) is 0 Å². The SMILES string of the molecule is CC(C)OC[C@@H]1[C@@H](C(F)(F)F)CCN1C. The second-order valence-corrected chi connectivity index (χ2v) is 4.37. The molecule has 5 heteroatoms. The maximum atomic E-state index is 12.6. The van der Waals surface area contributed by atoms with Gasteiger partial charge in [-0.2, -0.15) is 13.2 Å². The van der Waals surface area contributed by atoms with Gasteiger partial charge >= 0.3 is 6.18 Å². The lowest BCUT2D eigenvalue weighted by molar-refractivity contribution is -0.184. The number of likely N-dealkylation sites (tertiary alicyclic amines) is 1. The maximum Gasteiger partial charge on any atom is 0.393 e. The van der Waals surface area contributed by atoms with Gasteiger partial charge in [0.05, 0.1) is 18.6 Å². The van der Waals surface area contributed by atoms with E-state index >= 15 is 0 Å². The third-order valence-electron chi connectivity index (χ3n) is 2.84. The van der Waals surface area contributed by atoms with E-state index in [1.54, 1.807) is 11.9 Å². The normalized spacial score (nSPS) is 29.0. The van der Waals surface area contributed by atoms with Gasteiger partial charge in [-0.05, 0) is 33.9 Å². The number of hydrogen-bond donors (Lipinski definition) is 0. The molecule has 1 saturated heterocycles. The van der Waals surface area contributed by atoms with Crippen molar-refractivity contribution in [3.05, 3.63) is 0 Å². The summed E-state index contributed by atoms with van der Waals surface area (Å²) in [6.07, 6.45) is -3.94. The molecule has 2 nitrogen and oxygen atoms in total. The number of likely N-dealkylation sites (N-methyl/N-ethyl adjacent to an activating group) is 1. The largest absolute Gasteiger partial charge is 0.393 e. The molecule has 90 valence electrons. The van der Waals surface area contributed by atoms with Gasteiger partial charge in [0.2, 0.25) is 0 Å². The molecule has 1 aliphatic rings. The van der Waals surface area contributed by atoms with Crippen LogP contribution >= 0.6 is 0 Å². The molecule has 1 rings (SSSR count). The molecule has 2 atom stereocenters. The molecule has 0 aromatic rings. The zero-order valence-electron chi connectivity index (χ0n) is 9.34. The summed E-state index contributed by atoms with van der Waals surface area (Å²) in [5.74, 6) is -1.23. The molecular weight excluding hydrogens is 207 g/mol. The summed E-state index contributed by atoms with van der Waals surface area (Å²) < 4.78 is 43.2. The lowest BCUT2D eigenvalue weighted by atomic mass is 10.0. The molecule has 0 radical (unpaired) electrons. The molecule has 0 unspecified atom stereocenters. The van der Waals surface area contributed by atoms with Crippen LogP contribution in [0.2, 0.25) is 0 Å². The van der Waals surface area contributed by atoms with E-state index in [4.69, 9.17) is 4.74 Å². The van der Waals surface area contributed by atoms with Crippen molar-refractivity contribution in [2.45, 2.75) is 38.6 Å². The van der Waals surface area contributed by atoms with Crippen molar-refractivity contribution in [1.82, 2.24) is 4.90 Å². The summed E-state index contributed by atoms with van der Waals surface area (Å²) >= 11 is 0. The van der Waals surface area contributed by atoms with E-state index in [-0.39, 0.29) is 19.1 Å². The molecule has 1 fully saturated rings. The van der Waals surface area contributed by atoms with Gasteiger partial charge in [-0.1, -0.05) is 0 Å². The first-order valence-corrected chi connectivity index (χ1v) is 5.21. The molecule has 0 spiro atoms. The monoisotopic (exact) mass is 225 g/mol. The summed E-state index contributed by atoms with van der Waals surface area (Å²) in [7, 11) is 1.72. The van der Waals surface area contributed by atoms with Crippen LogP contribution < -0.4 is 0 Å². The molecule has 0 N–H and O–H groups in total. The van der Waals surface area contributed by atoms with Crippen LogP contribution in [-0.4, -0.2) is 43.4 Å². The molecule has 0 aliphatic carbocycles. The van der Waals surface area contributed by atoms with E-state index in [1.807, 2.05) is 13.8 Å². The fraction of sp³-hybridized carbons (Fsp3) is 1.00. The number of nitrogens with zero attached hydrogens (tertiary/aromatic N) is 1. The molecule has 0 saturated carbocycles. The molecule has 0 aromatic heterocycles. The highest BCUT2D eigenvalue weighted by Crippen LogP contribution is 2.37. The van der Waals surface area contributed by atoms with E-state index in [0.29, 0.717) is 6.54 Å². The van der Waals surface area contributed by atoms with Gasteiger partial charge in [0.25, 0.3) is 0 Å². The molecule has 1 aliphatic heterocycles. The third kappa shape index (κ3) is 3.34. The van der Waals surface area contributed by atoms with Gasteiger partial charge < -0.3 is 9.64 Å². The molecule has 0 bridgehead atoms. The van der Waals surface area contributed by atoms with Crippen LogP contribution in [-0.2, 0) is 4.74 Å². The zero-order valence-corrected chi connectivity index (χ0v) is 9.34. The molecular formula is C10H18F3NO. The fourth-order valence-electron chi connectivity index (χ4n) is 1.92. The summed E-state index contributed by atoms with van der Waals surface area (Å²) in [6.45, 7) is 4.32. The van der Waals surface area contributed by atoms with Crippen LogP contribution in [0.3, 0.4) is 0 Å². The van der Waals surface area contributed by atoms with Crippen LogP contribution in [0.1, 0.15) is 20.3 Å². The Labute approximate surface area is 88.4 Å². The van der Waals surface area contributed by atoms with Crippen LogP contribution in [0.15, 0.2) is 0 Å². The highest BCUT2D eigenvalue weighted by molar-refractivity contribution is 4.89. The summed E-state index contributed by atoms with van der Waals surface area (Å²) in [6, 6.07) is -0.521. The first-order chi connectivity index (χ1) is 6.82. The molecule has 0 amide bonds.